The van der Waals surface area contributed by atoms with Gasteiger partial charge in [-0.05, 0) is 33.0 Å². The van der Waals surface area contributed by atoms with E-state index in [0.29, 0.717) is 0 Å². The van der Waals surface area contributed by atoms with Gasteiger partial charge in [0.25, 0.3) is 0 Å². The lowest BCUT2D eigenvalue weighted by Crippen LogP contribution is -2.54. The maximum absolute atomic E-state index is 6.01. The fourth-order valence-electron chi connectivity index (χ4n) is 2.95. The molecule has 2 heterocycles. The van der Waals surface area contributed by atoms with Crippen molar-refractivity contribution >= 4 is 11.0 Å². The number of likely N-dealkylation sites (N-methyl/N-ethyl adjacent to an activating group) is 1. The lowest BCUT2D eigenvalue weighted by atomic mass is 10.0. The Morgan fingerprint density at radius 2 is 2.14 bits per heavy atom. The van der Waals surface area contributed by atoms with Crippen LogP contribution in [0.25, 0.3) is 11.0 Å². The van der Waals surface area contributed by atoms with Gasteiger partial charge in [-0.2, -0.15) is 0 Å². The highest BCUT2D eigenvalue weighted by atomic mass is 16.5. The maximum atomic E-state index is 6.01. The van der Waals surface area contributed by atoms with E-state index < -0.39 is 0 Å². The molecule has 4 nitrogen and oxygen atoms in total. The Labute approximate surface area is 126 Å². The molecule has 0 spiro atoms. The second-order valence-corrected chi connectivity index (χ2v) is 6.34. The summed E-state index contributed by atoms with van der Waals surface area (Å²) >= 11 is 0. The minimum absolute atomic E-state index is 0.0688. The zero-order valence-corrected chi connectivity index (χ0v) is 13.1. The second-order valence-electron chi connectivity index (χ2n) is 6.34. The highest BCUT2D eigenvalue weighted by Crippen LogP contribution is 2.27. The third kappa shape index (κ3) is 2.98. The number of hydrogen-bond donors (Lipinski definition) is 1. The van der Waals surface area contributed by atoms with Gasteiger partial charge in [-0.25, -0.2) is 0 Å². The minimum atomic E-state index is 0.0688. The van der Waals surface area contributed by atoms with Crippen LogP contribution >= 0.6 is 0 Å². The van der Waals surface area contributed by atoms with Crippen LogP contribution in [-0.2, 0) is 4.74 Å². The van der Waals surface area contributed by atoms with Gasteiger partial charge in [0.05, 0.1) is 19.3 Å². The van der Waals surface area contributed by atoms with Gasteiger partial charge in [0.2, 0.25) is 0 Å². The van der Waals surface area contributed by atoms with Crippen LogP contribution in [0.15, 0.2) is 34.7 Å². The van der Waals surface area contributed by atoms with E-state index in [1.807, 2.05) is 25.2 Å². The number of fused-ring (bicyclic) bond motifs is 1. The molecule has 4 heteroatoms. The topological polar surface area (TPSA) is 37.6 Å². The van der Waals surface area contributed by atoms with Crippen LogP contribution in [0.3, 0.4) is 0 Å². The fourth-order valence-corrected chi connectivity index (χ4v) is 2.95. The first-order chi connectivity index (χ1) is 10.1. The monoisotopic (exact) mass is 288 g/mol. The van der Waals surface area contributed by atoms with Crippen molar-refractivity contribution in [1.82, 2.24) is 10.2 Å². The summed E-state index contributed by atoms with van der Waals surface area (Å²) in [4.78, 5) is 2.48. The number of nitrogens with one attached hydrogen (secondary N) is 1. The molecule has 2 aromatic rings. The number of para-hydroxylation sites is 1. The molecule has 114 valence electrons. The Hall–Kier alpha value is -1.36. The molecule has 1 saturated heterocycles. The van der Waals surface area contributed by atoms with Gasteiger partial charge in [-0.1, -0.05) is 18.2 Å². The molecule has 1 atom stereocenters. The quantitative estimate of drug-likeness (QED) is 0.939. The number of rotatable bonds is 4. The van der Waals surface area contributed by atoms with Crippen LogP contribution in [0.1, 0.15) is 25.6 Å². The average molecular weight is 288 g/mol. The molecule has 3 rings (SSSR count). The average Bonchev–Trinajstić information content (AvgIpc) is 2.89. The van der Waals surface area contributed by atoms with Crippen LogP contribution in [0.4, 0.5) is 0 Å². The summed E-state index contributed by atoms with van der Waals surface area (Å²) in [5, 5.41) is 4.55. The zero-order valence-electron chi connectivity index (χ0n) is 13.1. The molecule has 1 aromatic heterocycles. The van der Waals surface area contributed by atoms with E-state index in [0.717, 1.165) is 43.0 Å². The Bertz CT molecular complexity index is 573. The summed E-state index contributed by atoms with van der Waals surface area (Å²) in [6, 6.07) is 10.5. The molecule has 1 aromatic carbocycles. The third-order valence-electron chi connectivity index (χ3n) is 4.36. The molecule has 0 radical (unpaired) electrons. The fraction of sp³-hybridized carbons (Fsp3) is 0.529. The SMILES string of the molecule is CNC(CN1CCOCC1(C)C)c1cc2ccccc2o1. The summed E-state index contributed by atoms with van der Waals surface area (Å²) < 4.78 is 11.6. The van der Waals surface area contributed by atoms with Crippen molar-refractivity contribution in [3.63, 3.8) is 0 Å². The number of nitrogens with zero attached hydrogens (tertiary/aromatic N) is 1. The smallest absolute Gasteiger partial charge is 0.134 e. The Morgan fingerprint density at radius 1 is 1.33 bits per heavy atom. The summed E-state index contributed by atoms with van der Waals surface area (Å²) in [6.07, 6.45) is 0. The molecular formula is C17H24N2O2. The van der Waals surface area contributed by atoms with E-state index in [4.69, 9.17) is 9.15 Å². The van der Waals surface area contributed by atoms with Crippen molar-refractivity contribution < 1.29 is 9.15 Å². The molecule has 1 fully saturated rings. The van der Waals surface area contributed by atoms with Crippen LogP contribution in [0.2, 0.25) is 0 Å². The largest absolute Gasteiger partial charge is 0.459 e. The molecule has 0 amide bonds. The Kier molecular flexibility index (Phi) is 4.02. The highest BCUT2D eigenvalue weighted by molar-refractivity contribution is 5.77. The predicted molar refractivity (Wildman–Crippen MR) is 84.5 cm³/mol. The first kappa shape index (κ1) is 14.6. The van der Waals surface area contributed by atoms with Gasteiger partial charge >= 0.3 is 0 Å². The molecule has 1 unspecified atom stereocenters. The van der Waals surface area contributed by atoms with E-state index >= 15 is 0 Å². The third-order valence-corrected chi connectivity index (χ3v) is 4.36. The van der Waals surface area contributed by atoms with Crippen LogP contribution in [-0.4, -0.2) is 43.8 Å². The van der Waals surface area contributed by atoms with Crippen molar-refractivity contribution in [3.05, 3.63) is 36.1 Å². The first-order valence-corrected chi connectivity index (χ1v) is 7.59. The van der Waals surface area contributed by atoms with E-state index in [1.165, 1.54) is 0 Å². The van der Waals surface area contributed by atoms with Crippen molar-refractivity contribution in [1.29, 1.82) is 0 Å². The van der Waals surface area contributed by atoms with E-state index in [-0.39, 0.29) is 11.6 Å². The Balaban J connectivity index is 1.81. The molecule has 0 saturated carbocycles. The van der Waals surface area contributed by atoms with Gasteiger partial charge in [0.1, 0.15) is 11.3 Å². The number of morpholine rings is 1. The van der Waals surface area contributed by atoms with Gasteiger partial charge < -0.3 is 14.5 Å². The maximum Gasteiger partial charge on any atom is 0.134 e. The summed E-state index contributed by atoms with van der Waals surface area (Å²) in [6.45, 7) is 7.94. The van der Waals surface area contributed by atoms with Crippen molar-refractivity contribution in [2.45, 2.75) is 25.4 Å². The number of furan rings is 1. The number of benzene rings is 1. The van der Waals surface area contributed by atoms with Crippen LogP contribution in [0.5, 0.6) is 0 Å². The van der Waals surface area contributed by atoms with Crippen LogP contribution in [0, 0.1) is 0 Å². The van der Waals surface area contributed by atoms with Gasteiger partial charge in [-0.15, -0.1) is 0 Å². The van der Waals surface area contributed by atoms with E-state index in [9.17, 15) is 0 Å². The molecular weight excluding hydrogens is 264 g/mol. The standard InChI is InChI=1S/C17H24N2O2/c1-17(2)12-20-9-8-19(17)11-14(18-3)16-10-13-6-4-5-7-15(13)21-16/h4-7,10,14,18H,8-9,11-12H2,1-3H3. The highest BCUT2D eigenvalue weighted by Gasteiger charge is 2.32. The van der Waals surface area contributed by atoms with Crippen molar-refractivity contribution in [2.24, 2.45) is 0 Å². The number of hydrogen-bond acceptors (Lipinski definition) is 4. The molecule has 0 bridgehead atoms. The minimum Gasteiger partial charge on any atom is -0.459 e. The van der Waals surface area contributed by atoms with Gasteiger partial charge in [0.15, 0.2) is 0 Å². The summed E-state index contributed by atoms with van der Waals surface area (Å²) in [5.41, 5.74) is 1.02. The molecule has 1 aliphatic rings. The van der Waals surface area contributed by atoms with Gasteiger partial charge in [0, 0.05) is 24.0 Å². The van der Waals surface area contributed by atoms with E-state index in [1.54, 1.807) is 0 Å². The van der Waals surface area contributed by atoms with Crippen molar-refractivity contribution in [2.75, 3.05) is 33.4 Å². The molecule has 0 aliphatic carbocycles. The Morgan fingerprint density at radius 3 is 2.86 bits per heavy atom. The van der Waals surface area contributed by atoms with E-state index in [2.05, 4.69) is 36.2 Å². The molecule has 1 aliphatic heterocycles. The predicted octanol–water partition coefficient (Wildman–Crippen LogP) is 2.80. The first-order valence-electron chi connectivity index (χ1n) is 7.59. The van der Waals surface area contributed by atoms with Crippen LogP contribution < -0.4 is 5.32 Å². The van der Waals surface area contributed by atoms with Gasteiger partial charge in [-0.3, -0.25) is 4.90 Å². The lowest BCUT2D eigenvalue weighted by Gasteiger charge is -2.43. The molecule has 1 N–H and O–H groups in total. The number of ether oxygens (including phenoxy) is 1. The normalized spacial score (nSPS) is 20.7. The van der Waals surface area contributed by atoms with Crippen molar-refractivity contribution in [3.8, 4) is 0 Å². The summed E-state index contributed by atoms with van der Waals surface area (Å²) in [7, 11) is 1.99. The lowest BCUT2D eigenvalue weighted by molar-refractivity contribution is -0.0550. The summed E-state index contributed by atoms with van der Waals surface area (Å²) in [5.74, 6) is 1.00. The second kappa shape index (κ2) is 5.79. The zero-order chi connectivity index (χ0) is 14.9. The molecule has 21 heavy (non-hydrogen) atoms.